The number of nitrogens with zero attached hydrogens (tertiary/aromatic N) is 1. The number of rotatable bonds is 7. The number of primary amides is 1. The SMILES string of the molecule is CC1CN(CC(O)COc2ccc(CC(N)=O)cc2)CC(C)O1. The van der Waals surface area contributed by atoms with Crippen LogP contribution in [0.2, 0.25) is 0 Å². The molecule has 0 spiro atoms. The molecule has 128 valence electrons. The first-order valence-corrected chi connectivity index (χ1v) is 7.98. The molecule has 2 rings (SSSR count). The molecule has 23 heavy (non-hydrogen) atoms. The Balaban J connectivity index is 1.75. The largest absolute Gasteiger partial charge is 0.491 e. The van der Waals surface area contributed by atoms with Crippen LogP contribution in [0.1, 0.15) is 19.4 Å². The van der Waals surface area contributed by atoms with Crippen LogP contribution in [0.15, 0.2) is 24.3 Å². The van der Waals surface area contributed by atoms with Crippen LogP contribution in [0.5, 0.6) is 5.75 Å². The van der Waals surface area contributed by atoms with Gasteiger partial charge in [-0.15, -0.1) is 0 Å². The fourth-order valence-corrected chi connectivity index (χ4v) is 2.88. The fourth-order valence-electron chi connectivity index (χ4n) is 2.88. The highest BCUT2D eigenvalue weighted by molar-refractivity contribution is 5.76. The lowest BCUT2D eigenvalue weighted by molar-refractivity contribution is -0.117. The van der Waals surface area contributed by atoms with Gasteiger partial charge in [0.1, 0.15) is 18.5 Å². The average molecular weight is 322 g/mol. The predicted octanol–water partition coefficient (Wildman–Crippen LogP) is 0.563. The summed E-state index contributed by atoms with van der Waals surface area (Å²) in [5.41, 5.74) is 6.00. The first-order valence-electron chi connectivity index (χ1n) is 7.98. The number of benzene rings is 1. The third-order valence-electron chi connectivity index (χ3n) is 3.71. The van der Waals surface area contributed by atoms with Gasteiger partial charge < -0.3 is 20.3 Å². The van der Waals surface area contributed by atoms with Crippen molar-refractivity contribution in [3.63, 3.8) is 0 Å². The molecule has 1 aliphatic heterocycles. The molecule has 1 heterocycles. The molecule has 0 radical (unpaired) electrons. The minimum Gasteiger partial charge on any atom is -0.491 e. The highest BCUT2D eigenvalue weighted by atomic mass is 16.5. The minimum absolute atomic E-state index is 0.185. The molecule has 1 aliphatic rings. The number of hydrogen-bond donors (Lipinski definition) is 2. The lowest BCUT2D eigenvalue weighted by atomic mass is 10.1. The molecule has 1 aromatic carbocycles. The zero-order valence-electron chi connectivity index (χ0n) is 13.8. The zero-order valence-corrected chi connectivity index (χ0v) is 13.8. The van der Waals surface area contributed by atoms with Crippen molar-refractivity contribution in [2.24, 2.45) is 5.73 Å². The summed E-state index contributed by atoms with van der Waals surface area (Å²) in [4.78, 5) is 13.0. The average Bonchev–Trinajstić information content (AvgIpc) is 2.45. The van der Waals surface area contributed by atoms with Crippen molar-refractivity contribution in [2.45, 2.75) is 38.6 Å². The first-order chi connectivity index (χ1) is 10.9. The molecule has 3 unspecified atom stereocenters. The standard InChI is InChI=1S/C17H26N2O4/c1-12-8-19(9-13(2)23-12)10-15(20)11-22-16-5-3-14(4-6-16)7-17(18)21/h3-6,12-13,15,20H,7-11H2,1-2H3,(H2,18,21). The summed E-state index contributed by atoms with van der Waals surface area (Å²) in [7, 11) is 0. The van der Waals surface area contributed by atoms with Crippen LogP contribution in [-0.4, -0.2) is 60.5 Å². The molecular formula is C17H26N2O4. The van der Waals surface area contributed by atoms with E-state index < -0.39 is 6.10 Å². The summed E-state index contributed by atoms with van der Waals surface area (Å²) in [5, 5.41) is 10.1. The Morgan fingerprint density at radius 1 is 1.35 bits per heavy atom. The van der Waals surface area contributed by atoms with Gasteiger partial charge in [0.05, 0.1) is 18.6 Å². The zero-order chi connectivity index (χ0) is 16.8. The van der Waals surface area contributed by atoms with Gasteiger partial charge in [-0.05, 0) is 31.5 Å². The van der Waals surface area contributed by atoms with Crippen molar-refractivity contribution in [3.8, 4) is 5.75 Å². The van der Waals surface area contributed by atoms with E-state index in [9.17, 15) is 9.90 Å². The van der Waals surface area contributed by atoms with Gasteiger partial charge in [0.15, 0.2) is 0 Å². The molecule has 6 nitrogen and oxygen atoms in total. The Hall–Kier alpha value is -1.63. The number of ether oxygens (including phenoxy) is 2. The lowest BCUT2D eigenvalue weighted by Crippen LogP contribution is -2.48. The second-order valence-corrected chi connectivity index (χ2v) is 6.23. The Bertz CT molecular complexity index is 496. The van der Waals surface area contributed by atoms with Crippen LogP contribution in [0, 0.1) is 0 Å². The quantitative estimate of drug-likeness (QED) is 0.766. The summed E-state index contributed by atoms with van der Waals surface area (Å²) in [6, 6.07) is 7.17. The molecule has 6 heteroatoms. The van der Waals surface area contributed by atoms with Crippen LogP contribution in [-0.2, 0) is 16.0 Å². The molecule has 1 aromatic rings. The van der Waals surface area contributed by atoms with E-state index in [-0.39, 0.29) is 31.1 Å². The minimum atomic E-state index is -0.558. The fraction of sp³-hybridized carbons (Fsp3) is 0.588. The van der Waals surface area contributed by atoms with Crippen molar-refractivity contribution < 1.29 is 19.4 Å². The third-order valence-corrected chi connectivity index (χ3v) is 3.71. The number of β-amino-alcohol motifs (C(OH)–C–C–N with tert-alkyl or cyclic N) is 1. The number of carbonyl (C=O) groups excluding carboxylic acids is 1. The second kappa shape index (κ2) is 8.29. The Kier molecular flexibility index (Phi) is 6.38. The molecular weight excluding hydrogens is 296 g/mol. The summed E-state index contributed by atoms with van der Waals surface area (Å²) in [5.74, 6) is 0.309. The van der Waals surface area contributed by atoms with E-state index in [0.29, 0.717) is 12.3 Å². The van der Waals surface area contributed by atoms with Gasteiger partial charge in [-0.1, -0.05) is 12.1 Å². The number of aliphatic hydroxyl groups excluding tert-OH is 1. The van der Waals surface area contributed by atoms with E-state index in [1.165, 1.54) is 0 Å². The number of nitrogens with two attached hydrogens (primary N) is 1. The first kappa shape index (κ1) is 17.7. The maximum Gasteiger partial charge on any atom is 0.221 e. The highest BCUT2D eigenvalue weighted by Gasteiger charge is 2.23. The van der Waals surface area contributed by atoms with Crippen molar-refractivity contribution in [3.05, 3.63) is 29.8 Å². The van der Waals surface area contributed by atoms with Crippen LogP contribution in [0.25, 0.3) is 0 Å². The maximum absolute atomic E-state index is 10.8. The Morgan fingerprint density at radius 2 is 1.96 bits per heavy atom. The number of amides is 1. The van der Waals surface area contributed by atoms with Crippen LogP contribution < -0.4 is 10.5 Å². The van der Waals surface area contributed by atoms with Crippen LogP contribution in [0.4, 0.5) is 0 Å². The van der Waals surface area contributed by atoms with Gasteiger partial charge in [-0.2, -0.15) is 0 Å². The summed E-state index contributed by atoms with van der Waals surface area (Å²) < 4.78 is 11.3. The predicted molar refractivity (Wildman–Crippen MR) is 87.3 cm³/mol. The van der Waals surface area contributed by atoms with Crippen molar-refractivity contribution in [2.75, 3.05) is 26.2 Å². The molecule has 3 N–H and O–H groups in total. The molecule has 1 saturated heterocycles. The van der Waals surface area contributed by atoms with E-state index in [4.69, 9.17) is 15.2 Å². The summed E-state index contributed by atoms with van der Waals surface area (Å²) in [6.07, 6.45) is 0.0307. The van der Waals surface area contributed by atoms with Gasteiger partial charge >= 0.3 is 0 Å². The van der Waals surface area contributed by atoms with Gasteiger partial charge in [-0.25, -0.2) is 0 Å². The van der Waals surface area contributed by atoms with Gasteiger partial charge in [0.25, 0.3) is 0 Å². The van der Waals surface area contributed by atoms with Crippen LogP contribution in [0.3, 0.4) is 0 Å². The molecule has 0 bridgehead atoms. The van der Waals surface area contributed by atoms with Crippen molar-refractivity contribution >= 4 is 5.91 Å². The Morgan fingerprint density at radius 3 is 2.52 bits per heavy atom. The van der Waals surface area contributed by atoms with Crippen molar-refractivity contribution in [1.29, 1.82) is 0 Å². The molecule has 1 fully saturated rings. The molecule has 1 amide bonds. The smallest absolute Gasteiger partial charge is 0.221 e. The maximum atomic E-state index is 10.8. The van der Waals surface area contributed by atoms with Gasteiger partial charge in [0, 0.05) is 19.6 Å². The van der Waals surface area contributed by atoms with Crippen molar-refractivity contribution in [1.82, 2.24) is 4.90 Å². The van der Waals surface area contributed by atoms with E-state index in [1.54, 1.807) is 24.3 Å². The Labute approximate surface area is 137 Å². The number of hydrogen-bond acceptors (Lipinski definition) is 5. The van der Waals surface area contributed by atoms with E-state index in [1.807, 2.05) is 13.8 Å². The second-order valence-electron chi connectivity index (χ2n) is 6.23. The van der Waals surface area contributed by atoms with Gasteiger partial charge in [-0.3, -0.25) is 9.69 Å². The monoisotopic (exact) mass is 322 g/mol. The van der Waals surface area contributed by atoms with Crippen LogP contribution >= 0.6 is 0 Å². The highest BCUT2D eigenvalue weighted by Crippen LogP contribution is 2.14. The van der Waals surface area contributed by atoms with E-state index in [2.05, 4.69) is 4.90 Å². The van der Waals surface area contributed by atoms with E-state index >= 15 is 0 Å². The third kappa shape index (κ3) is 6.17. The number of carbonyl (C=O) groups is 1. The number of aliphatic hydroxyl groups is 1. The molecule has 0 aliphatic carbocycles. The van der Waals surface area contributed by atoms with Gasteiger partial charge in [0.2, 0.25) is 5.91 Å². The topological polar surface area (TPSA) is 85.0 Å². The lowest BCUT2D eigenvalue weighted by Gasteiger charge is -2.36. The molecule has 0 aromatic heterocycles. The molecule has 0 saturated carbocycles. The summed E-state index contributed by atoms with van der Waals surface area (Å²) in [6.45, 7) is 6.53. The van der Waals surface area contributed by atoms with E-state index in [0.717, 1.165) is 18.7 Å². The molecule has 3 atom stereocenters. The summed E-state index contributed by atoms with van der Waals surface area (Å²) >= 11 is 0. The number of morpholine rings is 1. The normalized spacial score (nSPS) is 23.4.